The highest BCUT2D eigenvalue weighted by Crippen LogP contribution is 2.36. The zero-order chi connectivity index (χ0) is 30.5. The zero-order valence-corrected chi connectivity index (χ0v) is 24.3. The summed E-state index contributed by atoms with van der Waals surface area (Å²) in [7, 11) is 0. The Morgan fingerprint density at radius 1 is 0.750 bits per heavy atom. The number of nitriles is 2. The smallest absolute Gasteiger partial charge is 0.274 e. The number of hydrogen-bond acceptors (Lipinski definition) is 7. The molecule has 0 spiro atoms. The molecule has 2 heterocycles. The molecule has 0 saturated carbocycles. The van der Waals surface area contributed by atoms with E-state index in [1.54, 1.807) is 18.2 Å². The van der Waals surface area contributed by atoms with E-state index in [1.165, 1.54) is 15.9 Å². The van der Waals surface area contributed by atoms with E-state index in [2.05, 4.69) is 12.1 Å². The van der Waals surface area contributed by atoms with Crippen LogP contribution in [-0.4, -0.2) is 4.57 Å². The molecule has 0 aliphatic carbocycles. The highest BCUT2D eigenvalue weighted by molar-refractivity contribution is 7.07. The largest absolute Gasteiger partial charge is 0.489 e. The SMILES string of the molecule is N#CC1=C(N)n2c(sc(=Cc3ccc(OCc4ccccc4)cc3)c2=O)=C(C#N)C1c1ccc(OCc2ccccc2)cc1. The summed E-state index contributed by atoms with van der Waals surface area (Å²) in [6, 6.07) is 38.8. The zero-order valence-electron chi connectivity index (χ0n) is 23.5. The van der Waals surface area contributed by atoms with E-state index in [0.29, 0.717) is 45.0 Å². The first-order valence-corrected chi connectivity index (χ1v) is 14.7. The molecule has 1 unspecified atom stereocenters. The molecule has 5 aromatic rings. The van der Waals surface area contributed by atoms with Crippen molar-refractivity contribution in [2.24, 2.45) is 5.73 Å². The minimum atomic E-state index is -0.708. The van der Waals surface area contributed by atoms with Gasteiger partial charge in [-0.15, -0.1) is 11.3 Å². The number of benzene rings is 4. The molecule has 7 nitrogen and oxygen atoms in total. The average molecular weight is 595 g/mol. The van der Waals surface area contributed by atoms with Crippen LogP contribution in [0.5, 0.6) is 11.5 Å². The van der Waals surface area contributed by atoms with Crippen molar-refractivity contribution in [3.05, 3.63) is 157 Å². The molecule has 44 heavy (non-hydrogen) atoms. The molecule has 0 saturated heterocycles. The first kappa shape index (κ1) is 28.3. The lowest BCUT2D eigenvalue weighted by molar-refractivity contribution is 0.306. The molecule has 214 valence electrons. The maximum absolute atomic E-state index is 13.5. The van der Waals surface area contributed by atoms with Gasteiger partial charge in [-0.25, -0.2) is 0 Å². The Kier molecular flexibility index (Phi) is 8.09. The maximum Gasteiger partial charge on any atom is 0.274 e. The topological polar surface area (TPSA) is 114 Å². The van der Waals surface area contributed by atoms with Crippen LogP contribution in [0.4, 0.5) is 0 Å². The van der Waals surface area contributed by atoms with Gasteiger partial charge in [0.15, 0.2) is 0 Å². The number of nitrogens with zero attached hydrogens (tertiary/aromatic N) is 3. The number of thiazole rings is 1. The Labute approximate surface area is 257 Å². The lowest BCUT2D eigenvalue weighted by atomic mass is 9.84. The second-order valence-electron chi connectivity index (χ2n) is 10.1. The third kappa shape index (κ3) is 5.76. The third-order valence-corrected chi connectivity index (χ3v) is 8.39. The van der Waals surface area contributed by atoms with Crippen molar-refractivity contribution in [3.8, 4) is 23.6 Å². The summed E-state index contributed by atoms with van der Waals surface area (Å²) >= 11 is 1.18. The molecule has 1 aromatic heterocycles. The van der Waals surface area contributed by atoms with Gasteiger partial charge in [-0.05, 0) is 52.6 Å². The molecule has 8 heteroatoms. The molecule has 4 aromatic carbocycles. The van der Waals surface area contributed by atoms with Gasteiger partial charge < -0.3 is 15.2 Å². The minimum absolute atomic E-state index is 0.0291. The van der Waals surface area contributed by atoms with E-state index in [1.807, 2.05) is 97.1 Å². The molecular weight excluding hydrogens is 568 g/mol. The van der Waals surface area contributed by atoms with Gasteiger partial charge in [-0.2, -0.15) is 10.5 Å². The summed E-state index contributed by atoms with van der Waals surface area (Å²) in [4.78, 5) is 13.5. The first-order valence-electron chi connectivity index (χ1n) is 13.9. The Bertz CT molecular complexity index is 2100. The summed E-state index contributed by atoms with van der Waals surface area (Å²) in [5.74, 6) is 0.684. The first-order chi connectivity index (χ1) is 21.6. The number of rotatable bonds is 8. The van der Waals surface area contributed by atoms with E-state index in [9.17, 15) is 15.3 Å². The summed E-state index contributed by atoms with van der Waals surface area (Å²) in [6.07, 6.45) is 1.75. The van der Waals surface area contributed by atoms with E-state index in [0.717, 1.165) is 16.7 Å². The molecule has 1 aliphatic heterocycles. The van der Waals surface area contributed by atoms with Crippen molar-refractivity contribution in [2.75, 3.05) is 0 Å². The van der Waals surface area contributed by atoms with Crippen LogP contribution in [0, 0.1) is 22.7 Å². The Hall–Kier alpha value is -5.83. The summed E-state index contributed by atoms with van der Waals surface area (Å²) in [5, 5.41) is 20.4. The standard InChI is InChI=1S/C36H26N4O3S/c37-20-30-33(27-13-17-29(18-14-27)43-23-26-9-5-2-6-10-26)31(21-38)36-40(34(30)39)35(41)32(44-36)19-24-11-15-28(16-12-24)42-22-25-7-3-1-4-8-25/h1-19,33H,22-23,39H2. The van der Waals surface area contributed by atoms with Gasteiger partial charge in [-0.3, -0.25) is 9.36 Å². The van der Waals surface area contributed by atoms with Crippen LogP contribution in [0.3, 0.4) is 0 Å². The lowest BCUT2D eigenvalue weighted by Crippen LogP contribution is -2.38. The van der Waals surface area contributed by atoms with Crippen LogP contribution < -0.4 is 30.0 Å². The van der Waals surface area contributed by atoms with Gasteiger partial charge in [-0.1, -0.05) is 84.9 Å². The third-order valence-electron chi connectivity index (χ3n) is 7.28. The van der Waals surface area contributed by atoms with Gasteiger partial charge in [0, 0.05) is 0 Å². The van der Waals surface area contributed by atoms with Gasteiger partial charge in [0.05, 0.1) is 33.7 Å². The van der Waals surface area contributed by atoms with Gasteiger partial charge in [0.2, 0.25) is 0 Å². The van der Waals surface area contributed by atoms with Gasteiger partial charge in [0.25, 0.3) is 5.56 Å². The van der Waals surface area contributed by atoms with Crippen LogP contribution >= 0.6 is 11.3 Å². The Morgan fingerprint density at radius 2 is 1.27 bits per heavy atom. The molecule has 1 aliphatic rings. The molecule has 0 radical (unpaired) electrons. The molecule has 2 N–H and O–H groups in total. The summed E-state index contributed by atoms with van der Waals surface area (Å²) in [5.41, 5.74) is 10.1. The number of fused-ring (bicyclic) bond motifs is 1. The van der Waals surface area contributed by atoms with E-state index >= 15 is 0 Å². The van der Waals surface area contributed by atoms with Crippen molar-refractivity contribution in [2.45, 2.75) is 19.1 Å². The van der Waals surface area contributed by atoms with Crippen LogP contribution in [-0.2, 0) is 13.2 Å². The fourth-order valence-electron chi connectivity index (χ4n) is 5.03. The predicted molar refractivity (Wildman–Crippen MR) is 171 cm³/mol. The number of allylic oxidation sites excluding steroid dienone is 1. The van der Waals surface area contributed by atoms with Crippen LogP contribution in [0.15, 0.2) is 120 Å². The molecule has 6 rings (SSSR count). The van der Waals surface area contributed by atoms with E-state index in [-0.39, 0.29) is 17.0 Å². The number of ether oxygens (including phenoxy) is 2. The van der Waals surface area contributed by atoms with E-state index < -0.39 is 5.92 Å². The highest BCUT2D eigenvalue weighted by atomic mass is 32.1. The van der Waals surface area contributed by atoms with Gasteiger partial charge >= 0.3 is 0 Å². The van der Waals surface area contributed by atoms with Gasteiger partial charge in [0.1, 0.15) is 35.2 Å². The molecule has 1 atom stereocenters. The van der Waals surface area contributed by atoms with E-state index in [4.69, 9.17) is 15.2 Å². The predicted octanol–water partition coefficient (Wildman–Crippen LogP) is 5.02. The maximum atomic E-state index is 13.5. The Morgan fingerprint density at radius 3 is 1.80 bits per heavy atom. The Balaban J connectivity index is 1.30. The summed E-state index contributed by atoms with van der Waals surface area (Å²) < 4.78 is 13.9. The highest BCUT2D eigenvalue weighted by Gasteiger charge is 2.32. The average Bonchev–Trinajstić information content (AvgIpc) is 3.40. The number of aromatic nitrogens is 1. The molecule has 0 fully saturated rings. The van der Waals surface area contributed by atoms with Crippen LogP contribution in [0.25, 0.3) is 17.5 Å². The second kappa shape index (κ2) is 12.6. The van der Waals surface area contributed by atoms with Crippen LogP contribution in [0.1, 0.15) is 28.2 Å². The monoisotopic (exact) mass is 594 g/mol. The van der Waals surface area contributed by atoms with Crippen LogP contribution in [0.2, 0.25) is 0 Å². The number of nitrogens with two attached hydrogens (primary N) is 1. The second-order valence-corrected chi connectivity index (χ2v) is 11.1. The van der Waals surface area contributed by atoms with Crippen molar-refractivity contribution in [1.29, 1.82) is 10.5 Å². The molecule has 0 amide bonds. The lowest BCUT2D eigenvalue weighted by Gasteiger charge is -2.22. The van der Waals surface area contributed by atoms with Crippen molar-refractivity contribution in [1.82, 2.24) is 4.57 Å². The normalized spacial score (nSPS) is 14.5. The van der Waals surface area contributed by atoms with Crippen molar-refractivity contribution >= 4 is 28.8 Å². The number of hydrogen-bond donors (Lipinski definition) is 1. The van der Waals surface area contributed by atoms with Crippen molar-refractivity contribution in [3.63, 3.8) is 0 Å². The molecular formula is C36H26N4O3S. The quantitative estimate of drug-likeness (QED) is 0.270. The van der Waals surface area contributed by atoms with Crippen molar-refractivity contribution < 1.29 is 9.47 Å². The fourth-order valence-corrected chi connectivity index (χ4v) is 6.16. The summed E-state index contributed by atoms with van der Waals surface area (Å²) in [6.45, 7) is 0.868. The fraction of sp³-hybridized carbons (Fsp3) is 0.0833. The molecule has 0 bridgehead atoms. The minimum Gasteiger partial charge on any atom is -0.489 e.